The molecule has 1 aromatic heterocycles. The molecule has 0 aliphatic carbocycles. The van der Waals surface area contributed by atoms with Gasteiger partial charge in [0.25, 0.3) is 0 Å². The molecule has 0 saturated carbocycles. The van der Waals surface area contributed by atoms with Gasteiger partial charge >= 0.3 is 0 Å². The third kappa shape index (κ3) is 2.15. The van der Waals surface area contributed by atoms with Gasteiger partial charge in [-0.2, -0.15) is 0 Å². The normalized spacial score (nSPS) is 19.9. The third-order valence-electron chi connectivity index (χ3n) is 2.85. The van der Waals surface area contributed by atoms with Crippen molar-refractivity contribution in [1.29, 1.82) is 0 Å². The van der Waals surface area contributed by atoms with Gasteiger partial charge in [-0.15, -0.1) is 0 Å². The maximum Gasteiger partial charge on any atom is 0.106 e. The van der Waals surface area contributed by atoms with Crippen LogP contribution < -0.4 is 0 Å². The van der Waals surface area contributed by atoms with Gasteiger partial charge in [0, 0.05) is 6.04 Å². The Labute approximate surface area is 93.5 Å². The molecule has 0 aromatic carbocycles. The molecule has 1 aliphatic heterocycles. The van der Waals surface area contributed by atoms with Gasteiger partial charge in [0.2, 0.25) is 0 Å². The van der Waals surface area contributed by atoms with Crippen LogP contribution in [0.25, 0.3) is 0 Å². The van der Waals surface area contributed by atoms with Gasteiger partial charge in [0.1, 0.15) is 4.60 Å². The summed E-state index contributed by atoms with van der Waals surface area (Å²) in [5.74, 6) is 0. The van der Waals surface area contributed by atoms with Crippen LogP contribution >= 0.6 is 15.9 Å². The third-order valence-corrected chi connectivity index (χ3v) is 3.29. The van der Waals surface area contributed by atoms with Crippen LogP contribution in [0.1, 0.15) is 31.5 Å². The molecule has 2 rings (SSSR count). The molecular formula is C11H15BrN2. The highest BCUT2D eigenvalue weighted by atomic mass is 79.9. The Kier molecular flexibility index (Phi) is 3.19. The van der Waals surface area contributed by atoms with E-state index >= 15 is 0 Å². The Hall–Kier alpha value is -0.410. The van der Waals surface area contributed by atoms with E-state index in [4.69, 9.17) is 0 Å². The first kappa shape index (κ1) is 10.1. The van der Waals surface area contributed by atoms with Crippen molar-refractivity contribution in [3.63, 3.8) is 0 Å². The standard InChI is InChI=1S/C11H15BrN2/c1-9(14-7-2-3-8-14)10-5-4-6-11(12)13-10/h4-6,9H,2-3,7-8H2,1H3. The van der Waals surface area contributed by atoms with Gasteiger partial charge in [0.05, 0.1) is 5.69 Å². The smallest absolute Gasteiger partial charge is 0.106 e. The van der Waals surface area contributed by atoms with E-state index in [0.717, 1.165) is 4.60 Å². The SMILES string of the molecule is CC(c1cccc(Br)n1)N1CCCC1. The number of aromatic nitrogens is 1. The molecule has 76 valence electrons. The average molecular weight is 255 g/mol. The highest BCUT2D eigenvalue weighted by Gasteiger charge is 2.20. The predicted octanol–water partition coefficient (Wildman–Crippen LogP) is 3.00. The summed E-state index contributed by atoms with van der Waals surface area (Å²) in [6.45, 7) is 4.67. The minimum absolute atomic E-state index is 0.454. The zero-order chi connectivity index (χ0) is 9.97. The van der Waals surface area contributed by atoms with E-state index in [-0.39, 0.29) is 0 Å². The Bertz CT molecular complexity index is 308. The summed E-state index contributed by atoms with van der Waals surface area (Å²) in [4.78, 5) is 6.99. The van der Waals surface area contributed by atoms with Crippen molar-refractivity contribution in [3.05, 3.63) is 28.5 Å². The number of nitrogens with zero attached hydrogens (tertiary/aromatic N) is 2. The minimum Gasteiger partial charge on any atom is -0.295 e. The second-order valence-corrected chi connectivity index (χ2v) is 4.62. The van der Waals surface area contributed by atoms with Crippen LogP contribution in [0.2, 0.25) is 0 Å². The molecular weight excluding hydrogens is 240 g/mol. The van der Waals surface area contributed by atoms with Crippen molar-refractivity contribution in [2.24, 2.45) is 0 Å². The number of halogens is 1. The van der Waals surface area contributed by atoms with E-state index < -0.39 is 0 Å². The molecule has 3 heteroatoms. The van der Waals surface area contributed by atoms with Crippen LogP contribution in [0.3, 0.4) is 0 Å². The number of likely N-dealkylation sites (tertiary alicyclic amines) is 1. The first-order chi connectivity index (χ1) is 6.77. The summed E-state index contributed by atoms with van der Waals surface area (Å²) in [7, 11) is 0. The molecule has 1 fully saturated rings. The Morgan fingerprint density at radius 3 is 2.71 bits per heavy atom. The van der Waals surface area contributed by atoms with Crippen molar-refractivity contribution in [2.45, 2.75) is 25.8 Å². The molecule has 0 amide bonds. The molecule has 0 radical (unpaired) electrons. The van der Waals surface area contributed by atoms with Gasteiger partial charge in [-0.3, -0.25) is 4.90 Å². The molecule has 1 aliphatic rings. The predicted molar refractivity (Wildman–Crippen MR) is 61.2 cm³/mol. The van der Waals surface area contributed by atoms with Gasteiger partial charge in [-0.1, -0.05) is 6.07 Å². The lowest BCUT2D eigenvalue weighted by molar-refractivity contribution is 0.258. The van der Waals surface area contributed by atoms with Crippen molar-refractivity contribution in [3.8, 4) is 0 Å². The summed E-state index contributed by atoms with van der Waals surface area (Å²) in [6.07, 6.45) is 2.66. The molecule has 1 atom stereocenters. The molecule has 0 spiro atoms. The molecule has 1 unspecified atom stereocenters. The number of pyridine rings is 1. The Balaban J connectivity index is 2.13. The van der Waals surface area contributed by atoms with Crippen LogP contribution in [0.15, 0.2) is 22.8 Å². The summed E-state index contributed by atoms with van der Waals surface area (Å²) >= 11 is 3.41. The zero-order valence-corrected chi connectivity index (χ0v) is 10.00. The lowest BCUT2D eigenvalue weighted by Gasteiger charge is -2.23. The minimum atomic E-state index is 0.454. The lowest BCUT2D eigenvalue weighted by atomic mass is 10.2. The quantitative estimate of drug-likeness (QED) is 0.755. The van der Waals surface area contributed by atoms with Crippen LogP contribution in [0, 0.1) is 0 Å². The van der Waals surface area contributed by atoms with E-state index in [1.807, 2.05) is 6.07 Å². The molecule has 2 nitrogen and oxygen atoms in total. The Morgan fingerprint density at radius 1 is 1.36 bits per heavy atom. The maximum atomic E-state index is 4.49. The van der Waals surface area contributed by atoms with Crippen LogP contribution in [-0.4, -0.2) is 23.0 Å². The van der Waals surface area contributed by atoms with Crippen molar-refractivity contribution in [1.82, 2.24) is 9.88 Å². The van der Waals surface area contributed by atoms with E-state index in [2.05, 4.69) is 44.9 Å². The van der Waals surface area contributed by atoms with Gasteiger partial charge in [-0.05, 0) is 60.9 Å². The van der Waals surface area contributed by atoms with Crippen LogP contribution in [-0.2, 0) is 0 Å². The number of hydrogen-bond donors (Lipinski definition) is 0. The summed E-state index contributed by atoms with van der Waals surface area (Å²) in [5, 5.41) is 0. The van der Waals surface area contributed by atoms with E-state index in [1.54, 1.807) is 0 Å². The van der Waals surface area contributed by atoms with E-state index in [1.165, 1.54) is 31.6 Å². The first-order valence-corrected chi connectivity index (χ1v) is 5.93. The van der Waals surface area contributed by atoms with E-state index in [0.29, 0.717) is 6.04 Å². The highest BCUT2D eigenvalue weighted by molar-refractivity contribution is 9.10. The molecule has 1 aromatic rings. The molecule has 14 heavy (non-hydrogen) atoms. The number of rotatable bonds is 2. The summed E-state index contributed by atoms with van der Waals surface area (Å²) < 4.78 is 0.932. The fraction of sp³-hybridized carbons (Fsp3) is 0.545. The second-order valence-electron chi connectivity index (χ2n) is 3.80. The first-order valence-electron chi connectivity index (χ1n) is 5.14. The van der Waals surface area contributed by atoms with Crippen molar-refractivity contribution >= 4 is 15.9 Å². The molecule has 0 bridgehead atoms. The van der Waals surface area contributed by atoms with Crippen molar-refractivity contribution < 1.29 is 0 Å². The second kappa shape index (κ2) is 4.41. The molecule has 2 heterocycles. The van der Waals surface area contributed by atoms with Gasteiger partial charge in [0.15, 0.2) is 0 Å². The molecule has 0 N–H and O–H groups in total. The fourth-order valence-electron chi connectivity index (χ4n) is 1.97. The van der Waals surface area contributed by atoms with E-state index in [9.17, 15) is 0 Å². The largest absolute Gasteiger partial charge is 0.295 e. The fourth-order valence-corrected chi connectivity index (χ4v) is 2.33. The summed E-state index contributed by atoms with van der Waals surface area (Å²) in [6, 6.07) is 6.59. The van der Waals surface area contributed by atoms with Gasteiger partial charge < -0.3 is 0 Å². The van der Waals surface area contributed by atoms with Gasteiger partial charge in [-0.25, -0.2) is 4.98 Å². The van der Waals surface area contributed by atoms with Crippen LogP contribution in [0.5, 0.6) is 0 Å². The topological polar surface area (TPSA) is 16.1 Å². The highest BCUT2D eigenvalue weighted by Crippen LogP contribution is 2.23. The average Bonchev–Trinajstić information content (AvgIpc) is 2.69. The Morgan fingerprint density at radius 2 is 2.07 bits per heavy atom. The monoisotopic (exact) mass is 254 g/mol. The summed E-state index contributed by atoms with van der Waals surface area (Å²) in [5.41, 5.74) is 1.17. The van der Waals surface area contributed by atoms with Crippen LogP contribution in [0.4, 0.5) is 0 Å². The maximum absolute atomic E-state index is 4.49. The number of hydrogen-bond acceptors (Lipinski definition) is 2. The lowest BCUT2D eigenvalue weighted by Crippen LogP contribution is -2.23. The van der Waals surface area contributed by atoms with Crippen molar-refractivity contribution in [2.75, 3.05) is 13.1 Å². The zero-order valence-electron chi connectivity index (χ0n) is 8.41. The molecule has 1 saturated heterocycles.